The number of benzene rings is 1. The van der Waals surface area contributed by atoms with Gasteiger partial charge in [-0.1, -0.05) is 23.3 Å². The molecule has 2 aromatic heterocycles. The second kappa shape index (κ2) is 7.11. The number of nitrogens with one attached hydrogen (secondary N) is 1. The normalized spacial score (nSPS) is 13.2. The van der Waals surface area contributed by atoms with Gasteiger partial charge in [-0.25, -0.2) is 8.42 Å². The first kappa shape index (κ1) is 17.8. The van der Waals surface area contributed by atoms with E-state index < -0.39 is 16.1 Å². The molecular formula is C16H20N4O3S2. The Hall–Kier alpha value is -1.97. The molecule has 1 aromatic carbocycles. The number of fused-ring (bicyclic) bond motifs is 1. The molecule has 0 fully saturated rings. The number of ether oxygens (including phenoxy) is 1. The molecule has 1 N–H and O–H groups in total. The lowest BCUT2D eigenvalue weighted by Crippen LogP contribution is -2.28. The Bertz CT molecular complexity index is 945. The summed E-state index contributed by atoms with van der Waals surface area (Å²) in [6.07, 6.45) is 0. The SMILES string of the molecule is CCOc1nnc([C@@H](C)NS(=O)(=O)c2cc3ccccc3s2)n1CC. The summed E-state index contributed by atoms with van der Waals surface area (Å²) >= 11 is 1.25. The standard InChI is InChI=1S/C16H20N4O3S2/c1-4-20-15(17-18-16(20)23-5-2)11(3)19-25(21,22)14-10-12-8-6-7-9-13(12)24-14/h6-11,19H,4-5H2,1-3H3/t11-/m1/s1. The Kier molecular flexibility index (Phi) is 5.07. The van der Waals surface area contributed by atoms with Gasteiger partial charge in [0.2, 0.25) is 0 Å². The van der Waals surface area contributed by atoms with Gasteiger partial charge in [0.15, 0.2) is 5.82 Å². The third-order valence-electron chi connectivity index (χ3n) is 3.72. The molecule has 0 spiro atoms. The molecule has 0 aliphatic rings. The smallest absolute Gasteiger partial charge is 0.316 e. The number of sulfonamides is 1. The van der Waals surface area contributed by atoms with Crippen LogP contribution in [0, 0.1) is 0 Å². The molecule has 0 amide bonds. The van der Waals surface area contributed by atoms with E-state index in [9.17, 15) is 8.42 Å². The molecule has 0 aliphatic carbocycles. The van der Waals surface area contributed by atoms with Crippen molar-refractivity contribution >= 4 is 31.4 Å². The van der Waals surface area contributed by atoms with E-state index in [2.05, 4.69) is 14.9 Å². The van der Waals surface area contributed by atoms with Crippen LogP contribution in [0.1, 0.15) is 32.6 Å². The molecule has 2 heterocycles. The van der Waals surface area contributed by atoms with Gasteiger partial charge in [0.1, 0.15) is 4.21 Å². The predicted molar refractivity (Wildman–Crippen MR) is 97.4 cm³/mol. The van der Waals surface area contributed by atoms with Crippen molar-refractivity contribution in [3.8, 4) is 6.01 Å². The van der Waals surface area contributed by atoms with E-state index in [0.717, 1.165) is 10.1 Å². The Morgan fingerprint density at radius 2 is 2.04 bits per heavy atom. The molecule has 0 unspecified atom stereocenters. The maximum Gasteiger partial charge on any atom is 0.316 e. The summed E-state index contributed by atoms with van der Waals surface area (Å²) in [5.41, 5.74) is 0. The van der Waals surface area contributed by atoms with E-state index >= 15 is 0 Å². The summed E-state index contributed by atoms with van der Waals surface area (Å²) in [6, 6.07) is 9.14. The maximum atomic E-state index is 12.7. The number of rotatable bonds is 7. The maximum absolute atomic E-state index is 12.7. The van der Waals surface area contributed by atoms with E-state index in [4.69, 9.17) is 4.74 Å². The fraction of sp³-hybridized carbons (Fsp3) is 0.375. The minimum Gasteiger partial charge on any atom is -0.464 e. The monoisotopic (exact) mass is 380 g/mol. The van der Waals surface area contributed by atoms with Gasteiger partial charge in [-0.2, -0.15) is 4.72 Å². The van der Waals surface area contributed by atoms with Gasteiger partial charge in [-0.15, -0.1) is 16.4 Å². The lowest BCUT2D eigenvalue weighted by Gasteiger charge is -2.14. The molecule has 0 aliphatic heterocycles. The van der Waals surface area contributed by atoms with Crippen molar-refractivity contribution < 1.29 is 13.2 Å². The highest BCUT2D eigenvalue weighted by atomic mass is 32.2. The summed E-state index contributed by atoms with van der Waals surface area (Å²) in [5.74, 6) is 0.524. The van der Waals surface area contributed by atoms with Crippen molar-refractivity contribution in [3.05, 3.63) is 36.2 Å². The molecule has 3 rings (SSSR count). The first-order chi connectivity index (χ1) is 12.0. The van der Waals surface area contributed by atoms with E-state index in [0.29, 0.717) is 25.0 Å². The highest BCUT2D eigenvalue weighted by Gasteiger charge is 2.25. The molecule has 0 radical (unpaired) electrons. The van der Waals surface area contributed by atoms with Gasteiger partial charge in [0.25, 0.3) is 10.0 Å². The zero-order valence-corrected chi connectivity index (χ0v) is 15.9. The van der Waals surface area contributed by atoms with E-state index in [1.54, 1.807) is 17.6 Å². The Labute approximate surface area is 150 Å². The number of hydrogen-bond acceptors (Lipinski definition) is 6. The number of thiophene rings is 1. The molecule has 0 saturated heterocycles. The van der Waals surface area contributed by atoms with Gasteiger partial charge in [0.05, 0.1) is 12.6 Å². The molecule has 1 atom stereocenters. The van der Waals surface area contributed by atoms with Crippen LogP contribution in [0.3, 0.4) is 0 Å². The lowest BCUT2D eigenvalue weighted by atomic mass is 10.3. The fourth-order valence-electron chi connectivity index (χ4n) is 2.59. The van der Waals surface area contributed by atoms with Crippen molar-refractivity contribution in [2.75, 3.05) is 6.61 Å². The lowest BCUT2D eigenvalue weighted by molar-refractivity contribution is 0.294. The molecule has 7 nitrogen and oxygen atoms in total. The van der Waals surface area contributed by atoms with Crippen LogP contribution < -0.4 is 9.46 Å². The fourth-order valence-corrected chi connectivity index (χ4v) is 5.20. The van der Waals surface area contributed by atoms with Crippen LogP contribution in [0.15, 0.2) is 34.5 Å². The predicted octanol–water partition coefficient (Wildman–Crippen LogP) is 2.95. The summed E-state index contributed by atoms with van der Waals surface area (Å²) in [7, 11) is -3.65. The minimum absolute atomic E-state index is 0.285. The number of aromatic nitrogens is 3. The largest absolute Gasteiger partial charge is 0.464 e. The van der Waals surface area contributed by atoms with Gasteiger partial charge in [0, 0.05) is 11.2 Å². The average Bonchev–Trinajstić information content (AvgIpc) is 3.18. The summed E-state index contributed by atoms with van der Waals surface area (Å²) in [5, 5.41) is 9.00. The van der Waals surface area contributed by atoms with Gasteiger partial charge < -0.3 is 4.74 Å². The topological polar surface area (TPSA) is 86.1 Å². The van der Waals surface area contributed by atoms with Crippen LogP contribution in [0.5, 0.6) is 6.01 Å². The Morgan fingerprint density at radius 3 is 2.72 bits per heavy atom. The quantitative estimate of drug-likeness (QED) is 0.681. The summed E-state index contributed by atoms with van der Waals surface area (Å²) in [6.45, 7) is 6.61. The van der Waals surface area contributed by atoms with Crippen LogP contribution in [0.2, 0.25) is 0 Å². The van der Waals surface area contributed by atoms with Gasteiger partial charge >= 0.3 is 6.01 Å². The van der Waals surface area contributed by atoms with Gasteiger partial charge in [-0.3, -0.25) is 4.57 Å². The molecule has 25 heavy (non-hydrogen) atoms. The van der Waals surface area contributed by atoms with Crippen LogP contribution in [-0.2, 0) is 16.6 Å². The third-order valence-corrected chi connectivity index (χ3v) is 6.85. The molecule has 9 heteroatoms. The molecule has 3 aromatic rings. The van der Waals surface area contributed by atoms with Crippen molar-refractivity contribution in [1.29, 1.82) is 0 Å². The zero-order valence-electron chi connectivity index (χ0n) is 14.3. The number of nitrogens with zero attached hydrogens (tertiary/aromatic N) is 3. The average molecular weight is 380 g/mol. The second-order valence-electron chi connectivity index (χ2n) is 5.46. The Morgan fingerprint density at radius 1 is 1.28 bits per heavy atom. The van der Waals surface area contributed by atoms with Crippen LogP contribution in [-0.4, -0.2) is 29.8 Å². The van der Waals surface area contributed by atoms with Gasteiger partial charge in [-0.05, 0) is 38.3 Å². The third kappa shape index (κ3) is 3.53. The van der Waals surface area contributed by atoms with Crippen LogP contribution >= 0.6 is 11.3 Å². The van der Waals surface area contributed by atoms with Crippen molar-refractivity contribution in [1.82, 2.24) is 19.5 Å². The van der Waals surface area contributed by atoms with Crippen molar-refractivity contribution in [3.63, 3.8) is 0 Å². The highest BCUT2D eigenvalue weighted by Crippen LogP contribution is 2.29. The van der Waals surface area contributed by atoms with Crippen LogP contribution in [0.25, 0.3) is 10.1 Å². The van der Waals surface area contributed by atoms with E-state index in [-0.39, 0.29) is 4.21 Å². The first-order valence-electron chi connectivity index (χ1n) is 8.03. The van der Waals surface area contributed by atoms with E-state index in [1.165, 1.54) is 11.3 Å². The van der Waals surface area contributed by atoms with Crippen molar-refractivity contribution in [2.45, 2.75) is 37.6 Å². The summed E-state index contributed by atoms with van der Waals surface area (Å²) in [4.78, 5) is 0. The van der Waals surface area contributed by atoms with Crippen LogP contribution in [0.4, 0.5) is 0 Å². The molecule has 0 saturated carbocycles. The minimum atomic E-state index is -3.65. The second-order valence-corrected chi connectivity index (χ2v) is 8.49. The first-order valence-corrected chi connectivity index (χ1v) is 10.3. The molecule has 0 bridgehead atoms. The zero-order chi connectivity index (χ0) is 18.0. The van der Waals surface area contributed by atoms with Crippen molar-refractivity contribution in [2.24, 2.45) is 0 Å². The number of hydrogen-bond donors (Lipinski definition) is 1. The Balaban J connectivity index is 1.87. The highest BCUT2D eigenvalue weighted by molar-refractivity contribution is 7.91. The molecule has 134 valence electrons. The summed E-state index contributed by atoms with van der Waals surface area (Å²) < 4.78 is 36.6. The molecular weight excluding hydrogens is 360 g/mol. The van der Waals surface area contributed by atoms with E-state index in [1.807, 2.05) is 38.1 Å².